The van der Waals surface area contributed by atoms with E-state index < -0.39 is 58.0 Å². The van der Waals surface area contributed by atoms with E-state index >= 15 is 0 Å². The summed E-state index contributed by atoms with van der Waals surface area (Å²) in [5, 5.41) is 44.4. The summed E-state index contributed by atoms with van der Waals surface area (Å²) in [4.78, 5) is 48.5. The van der Waals surface area contributed by atoms with Crippen molar-refractivity contribution in [1.82, 2.24) is 14.9 Å². The average Bonchev–Trinajstić information content (AvgIpc) is 2.81. The summed E-state index contributed by atoms with van der Waals surface area (Å²) in [5.41, 5.74) is 3.48. The topological polar surface area (TPSA) is 187 Å². The zero-order valence-corrected chi connectivity index (χ0v) is 19.5. The van der Waals surface area contributed by atoms with Gasteiger partial charge in [0, 0.05) is 29.4 Å². The Bertz CT molecular complexity index is 1400. The van der Waals surface area contributed by atoms with E-state index in [4.69, 9.17) is 5.73 Å². The molecule has 11 heteroatoms. The van der Waals surface area contributed by atoms with Gasteiger partial charge in [0.05, 0.1) is 11.6 Å². The summed E-state index contributed by atoms with van der Waals surface area (Å²) in [6.07, 6.45) is 4.74. The molecular formula is C25H24N4O7. The SMILES string of the molecule is CN(C)[C@@H]1C(=O)C(C(N)=O)=C(O)[C@@]2(O)C(=O)C3=C(O)c4c(O)ccc(-c5cncnc5)c4C[C@H]3C[C@@H]12. The Kier molecular flexibility index (Phi) is 5.23. The van der Waals surface area contributed by atoms with Gasteiger partial charge < -0.3 is 26.2 Å². The second-order valence-electron chi connectivity index (χ2n) is 9.57. The highest BCUT2D eigenvalue weighted by atomic mass is 16.3. The first-order chi connectivity index (χ1) is 17.0. The second-order valence-corrected chi connectivity index (χ2v) is 9.57. The smallest absolute Gasteiger partial charge is 0.255 e. The van der Waals surface area contributed by atoms with Crippen molar-refractivity contribution in [3.8, 4) is 16.9 Å². The van der Waals surface area contributed by atoms with Crippen molar-refractivity contribution >= 4 is 23.2 Å². The summed E-state index contributed by atoms with van der Waals surface area (Å²) in [6, 6.07) is 1.90. The molecule has 0 saturated heterocycles. The van der Waals surface area contributed by atoms with Gasteiger partial charge in [0.25, 0.3) is 5.91 Å². The number of ketones is 2. The number of nitrogens with two attached hydrogens (primary N) is 1. The van der Waals surface area contributed by atoms with Gasteiger partial charge in [-0.05, 0) is 50.0 Å². The van der Waals surface area contributed by atoms with Crippen molar-refractivity contribution in [1.29, 1.82) is 0 Å². The third-order valence-electron chi connectivity index (χ3n) is 7.48. The van der Waals surface area contributed by atoms with Crippen LogP contribution in [0, 0.1) is 11.8 Å². The highest BCUT2D eigenvalue weighted by Gasteiger charge is 2.64. The molecule has 0 spiro atoms. The van der Waals surface area contributed by atoms with Crippen LogP contribution < -0.4 is 5.73 Å². The molecule has 1 saturated carbocycles. The molecule has 0 radical (unpaired) electrons. The molecule has 0 aliphatic heterocycles. The fourth-order valence-corrected chi connectivity index (χ4v) is 5.95. The van der Waals surface area contributed by atoms with E-state index in [1.54, 1.807) is 32.6 Å². The van der Waals surface area contributed by atoms with E-state index in [0.29, 0.717) is 16.7 Å². The number of likely N-dealkylation sites (N-methyl/N-ethyl adjacent to an activating group) is 1. The number of carbonyl (C=O) groups is 3. The number of rotatable bonds is 3. The number of aliphatic hydroxyl groups is 3. The number of hydrogen-bond donors (Lipinski definition) is 5. The first kappa shape index (κ1) is 23.6. The Balaban J connectivity index is 1.75. The number of phenolic OH excluding ortho intramolecular Hbond substituents is 1. The lowest BCUT2D eigenvalue weighted by atomic mass is 9.57. The van der Waals surface area contributed by atoms with Crippen molar-refractivity contribution in [2.45, 2.75) is 24.5 Å². The van der Waals surface area contributed by atoms with E-state index in [0.717, 1.165) is 0 Å². The number of aliphatic hydroxyl groups excluding tert-OH is 2. The van der Waals surface area contributed by atoms with Gasteiger partial charge in [-0.2, -0.15) is 0 Å². The lowest BCUT2D eigenvalue weighted by Gasteiger charge is -2.50. The molecule has 1 aromatic carbocycles. The predicted octanol–water partition coefficient (Wildman–Crippen LogP) is 0.421. The summed E-state index contributed by atoms with van der Waals surface area (Å²) >= 11 is 0. The van der Waals surface area contributed by atoms with Crippen LogP contribution in [0.1, 0.15) is 17.5 Å². The number of aromatic nitrogens is 2. The minimum absolute atomic E-state index is 0.0200. The molecule has 1 aromatic heterocycles. The molecular weight excluding hydrogens is 468 g/mol. The van der Waals surface area contributed by atoms with Crippen LogP contribution in [0.15, 0.2) is 47.8 Å². The van der Waals surface area contributed by atoms with Gasteiger partial charge in [-0.15, -0.1) is 0 Å². The highest BCUT2D eigenvalue weighted by Crippen LogP contribution is 2.53. The highest BCUT2D eigenvalue weighted by molar-refractivity contribution is 6.24. The monoisotopic (exact) mass is 492 g/mol. The molecule has 3 aliphatic carbocycles. The first-order valence-electron chi connectivity index (χ1n) is 11.2. The Hall–Kier alpha value is -4.09. The van der Waals surface area contributed by atoms with Gasteiger partial charge in [-0.25, -0.2) is 9.97 Å². The van der Waals surface area contributed by atoms with E-state index in [9.17, 15) is 34.8 Å². The van der Waals surface area contributed by atoms with E-state index in [1.165, 1.54) is 17.3 Å². The van der Waals surface area contributed by atoms with Crippen LogP contribution in [0.2, 0.25) is 0 Å². The first-order valence-corrected chi connectivity index (χ1v) is 11.2. The molecule has 6 N–H and O–H groups in total. The molecule has 186 valence electrons. The van der Waals surface area contributed by atoms with E-state index in [2.05, 4.69) is 9.97 Å². The molecule has 4 atom stereocenters. The van der Waals surface area contributed by atoms with Crippen molar-refractivity contribution in [2.75, 3.05) is 14.1 Å². The molecule has 3 aliphatic rings. The minimum atomic E-state index is -2.66. The van der Waals surface area contributed by atoms with Crippen molar-refractivity contribution in [3.63, 3.8) is 0 Å². The number of primary amides is 1. The van der Waals surface area contributed by atoms with Crippen LogP contribution in [-0.4, -0.2) is 78.5 Å². The van der Waals surface area contributed by atoms with E-state index in [-0.39, 0.29) is 29.7 Å². The molecule has 11 nitrogen and oxygen atoms in total. The summed E-state index contributed by atoms with van der Waals surface area (Å²) in [6.45, 7) is 0. The van der Waals surface area contributed by atoms with Gasteiger partial charge in [0.1, 0.15) is 29.2 Å². The maximum atomic E-state index is 13.8. The Morgan fingerprint density at radius 2 is 1.81 bits per heavy atom. The molecule has 0 unspecified atom stereocenters. The Morgan fingerprint density at radius 1 is 1.14 bits per heavy atom. The average molecular weight is 492 g/mol. The largest absolute Gasteiger partial charge is 0.508 e. The van der Waals surface area contributed by atoms with Gasteiger partial charge in [0.2, 0.25) is 5.78 Å². The van der Waals surface area contributed by atoms with Crippen LogP contribution in [0.4, 0.5) is 0 Å². The van der Waals surface area contributed by atoms with E-state index in [1.807, 2.05) is 0 Å². The molecule has 36 heavy (non-hydrogen) atoms. The zero-order chi connectivity index (χ0) is 26.1. The standard InChI is InChI=1S/C25H24N4O7/c1-29(2)19-14-6-10-5-13-12(11-7-27-9-28-8-11)3-4-15(30)17(13)20(31)16(10)22(33)25(14,36)23(34)18(21(19)32)24(26)35/h3-4,7-10,14,19,30-31,34,36H,5-6H2,1-2H3,(H2,26,35)/t10-,14-,19-,25-/m0/s1. The summed E-state index contributed by atoms with van der Waals surface area (Å²) < 4.78 is 0. The number of amides is 1. The van der Waals surface area contributed by atoms with Crippen LogP contribution in [0.3, 0.4) is 0 Å². The molecule has 1 amide bonds. The van der Waals surface area contributed by atoms with Gasteiger partial charge in [-0.3, -0.25) is 19.3 Å². The molecule has 1 heterocycles. The number of aromatic hydroxyl groups is 1. The van der Waals surface area contributed by atoms with Crippen LogP contribution in [-0.2, 0) is 20.8 Å². The predicted molar refractivity (Wildman–Crippen MR) is 125 cm³/mol. The Labute approximate surface area is 205 Å². The maximum absolute atomic E-state index is 13.8. The normalized spacial score (nSPS) is 27.6. The second kappa shape index (κ2) is 7.97. The summed E-state index contributed by atoms with van der Waals surface area (Å²) in [7, 11) is 3.11. The van der Waals surface area contributed by atoms with Crippen molar-refractivity contribution in [2.24, 2.45) is 17.6 Å². The number of fused-ring (bicyclic) bond motifs is 3. The lowest BCUT2D eigenvalue weighted by Crippen LogP contribution is -2.65. The van der Waals surface area contributed by atoms with Gasteiger partial charge in [-0.1, -0.05) is 6.07 Å². The van der Waals surface area contributed by atoms with Crippen LogP contribution in [0.25, 0.3) is 16.9 Å². The van der Waals surface area contributed by atoms with Crippen LogP contribution >= 0.6 is 0 Å². The van der Waals surface area contributed by atoms with Gasteiger partial charge in [0.15, 0.2) is 11.4 Å². The number of nitrogens with zero attached hydrogens (tertiary/aromatic N) is 3. The fourth-order valence-electron chi connectivity index (χ4n) is 5.95. The number of hydrogen-bond acceptors (Lipinski definition) is 10. The molecule has 0 bridgehead atoms. The number of phenols is 1. The third-order valence-corrected chi connectivity index (χ3v) is 7.48. The van der Waals surface area contributed by atoms with Crippen LogP contribution in [0.5, 0.6) is 5.75 Å². The van der Waals surface area contributed by atoms with Crippen molar-refractivity contribution in [3.05, 3.63) is 58.9 Å². The molecule has 1 fully saturated rings. The molecule has 2 aromatic rings. The number of benzene rings is 1. The quantitative estimate of drug-likeness (QED) is 0.376. The molecule has 5 rings (SSSR count). The lowest BCUT2D eigenvalue weighted by molar-refractivity contribution is -0.153. The zero-order valence-electron chi connectivity index (χ0n) is 19.5. The number of Topliss-reactive ketones (excluding diaryl/α,β-unsaturated/α-hetero) is 2. The fraction of sp³-hybridized carbons (Fsp3) is 0.320. The minimum Gasteiger partial charge on any atom is -0.508 e. The maximum Gasteiger partial charge on any atom is 0.255 e. The number of carbonyl (C=O) groups excluding carboxylic acids is 3. The van der Waals surface area contributed by atoms with Crippen molar-refractivity contribution < 1.29 is 34.8 Å². The summed E-state index contributed by atoms with van der Waals surface area (Å²) in [5.74, 6) is -6.82. The Morgan fingerprint density at radius 3 is 2.42 bits per heavy atom. The third kappa shape index (κ3) is 3.02. The van der Waals surface area contributed by atoms with Gasteiger partial charge >= 0.3 is 0 Å².